The van der Waals surface area contributed by atoms with Crippen molar-refractivity contribution in [3.05, 3.63) is 20.3 Å². The summed E-state index contributed by atoms with van der Waals surface area (Å²) in [6.07, 6.45) is 1.21. The fourth-order valence-electron chi connectivity index (χ4n) is 3.85. The fourth-order valence-corrected chi connectivity index (χ4v) is 5.49. The number of halogens is 2. The van der Waals surface area contributed by atoms with Crippen molar-refractivity contribution in [3.63, 3.8) is 0 Å². The van der Waals surface area contributed by atoms with Gasteiger partial charge in [0, 0.05) is 24.2 Å². The normalized spacial score (nSPS) is 32.7. The lowest BCUT2D eigenvalue weighted by atomic mass is 9.92. The van der Waals surface area contributed by atoms with Crippen LogP contribution in [-0.2, 0) is 0 Å². The molecular formula is C14H20Cl2N2S. The van der Waals surface area contributed by atoms with E-state index in [1.807, 2.05) is 6.07 Å². The Hall–Kier alpha value is 0.200. The topological polar surface area (TPSA) is 15.3 Å². The summed E-state index contributed by atoms with van der Waals surface area (Å²) in [5.41, 5.74) is 1.20. The van der Waals surface area contributed by atoms with Gasteiger partial charge in [0.15, 0.2) is 0 Å². The van der Waals surface area contributed by atoms with Gasteiger partial charge in [-0.25, -0.2) is 0 Å². The highest BCUT2D eigenvalue weighted by atomic mass is 35.5. The van der Waals surface area contributed by atoms with Crippen LogP contribution in [0.5, 0.6) is 0 Å². The van der Waals surface area contributed by atoms with Crippen molar-refractivity contribution >= 4 is 34.5 Å². The van der Waals surface area contributed by atoms with E-state index < -0.39 is 0 Å². The zero-order valence-corrected chi connectivity index (χ0v) is 13.7. The second kappa shape index (κ2) is 5.53. The van der Waals surface area contributed by atoms with Gasteiger partial charge in [-0.05, 0) is 44.3 Å². The first-order valence-electron chi connectivity index (χ1n) is 7.03. The summed E-state index contributed by atoms with van der Waals surface area (Å²) in [4.78, 5) is 2.64. The summed E-state index contributed by atoms with van der Waals surface area (Å²) in [6.45, 7) is 8.09. The molecule has 4 unspecified atom stereocenters. The molecule has 2 saturated heterocycles. The Balaban J connectivity index is 1.83. The molecule has 2 aliphatic heterocycles. The van der Waals surface area contributed by atoms with E-state index in [9.17, 15) is 0 Å². The molecule has 1 N–H and O–H groups in total. The number of fused-ring (bicyclic) bond motifs is 1. The van der Waals surface area contributed by atoms with Crippen molar-refractivity contribution in [1.29, 1.82) is 0 Å². The van der Waals surface area contributed by atoms with E-state index >= 15 is 0 Å². The van der Waals surface area contributed by atoms with Gasteiger partial charge in [0.2, 0.25) is 0 Å². The third kappa shape index (κ3) is 2.44. The summed E-state index contributed by atoms with van der Waals surface area (Å²) in [5.74, 6) is 1.61. The second-order valence-electron chi connectivity index (χ2n) is 5.71. The SMILES string of the molecule is CCC1C2CNCC2CN1C(C)c1cc(Cl)sc1Cl. The minimum absolute atomic E-state index is 0.367. The third-order valence-electron chi connectivity index (χ3n) is 4.81. The molecule has 1 aromatic rings. The molecule has 3 heterocycles. The van der Waals surface area contributed by atoms with Crippen LogP contribution in [-0.4, -0.2) is 30.6 Å². The van der Waals surface area contributed by atoms with Crippen molar-refractivity contribution < 1.29 is 0 Å². The zero-order chi connectivity index (χ0) is 13.6. The van der Waals surface area contributed by atoms with E-state index in [1.165, 1.54) is 43.0 Å². The number of hydrogen-bond donors (Lipinski definition) is 1. The molecule has 5 heteroatoms. The lowest BCUT2D eigenvalue weighted by molar-refractivity contribution is 0.166. The molecular weight excluding hydrogens is 299 g/mol. The average molecular weight is 319 g/mol. The minimum Gasteiger partial charge on any atom is -0.316 e. The lowest BCUT2D eigenvalue weighted by Crippen LogP contribution is -2.36. The third-order valence-corrected chi connectivity index (χ3v) is 6.32. The van der Waals surface area contributed by atoms with Crippen LogP contribution in [0.2, 0.25) is 8.67 Å². The van der Waals surface area contributed by atoms with Gasteiger partial charge in [-0.3, -0.25) is 4.90 Å². The summed E-state index contributed by atoms with van der Waals surface area (Å²) in [6, 6.07) is 3.08. The van der Waals surface area contributed by atoms with Gasteiger partial charge in [-0.1, -0.05) is 30.1 Å². The van der Waals surface area contributed by atoms with Crippen LogP contribution in [0.15, 0.2) is 6.07 Å². The van der Waals surface area contributed by atoms with Crippen LogP contribution in [0.4, 0.5) is 0 Å². The van der Waals surface area contributed by atoms with Crippen molar-refractivity contribution in [3.8, 4) is 0 Å². The maximum absolute atomic E-state index is 6.32. The van der Waals surface area contributed by atoms with Crippen molar-refractivity contribution in [1.82, 2.24) is 10.2 Å². The number of hydrogen-bond acceptors (Lipinski definition) is 3. The first kappa shape index (κ1) is 14.2. The number of nitrogens with zero attached hydrogens (tertiary/aromatic N) is 1. The van der Waals surface area contributed by atoms with Crippen LogP contribution in [0, 0.1) is 11.8 Å². The monoisotopic (exact) mass is 318 g/mol. The summed E-state index contributed by atoms with van der Waals surface area (Å²) in [5, 5.41) is 3.53. The summed E-state index contributed by atoms with van der Waals surface area (Å²) >= 11 is 13.9. The van der Waals surface area contributed by atoms with Gasteiger partial charge >= 0.3 is 0 Å². The van der Waals surface area contributed by atoms with E-state index in [0.717, 1.165) is 20.5 Å². The Kier molecular flexibility index (Phi) is 4.12. The molecule has 0 aliphatic carbocycles. The largest absolute Gasteiger partial charge is 0.316 e. The molecule has 3 rings (SSSR count). The molecule has 0 radical (unpaired) electrons. The maximum atomic E-state index is 6.32. The zero-order valence-electron chi connectivity index (χ0n) is 11.3. The molecule has 0 bridgehead atoms. The van der Waals surface area contributed by atoms with Crippen LogP contribution in [0.1, 0.15) is 31.9 Å². The van der Waals surface area contributed by atoms with E-state index in [2.05, 4.69) is 24.1 Å². The number of rotatable bonds is 3. The molecule has 0 spiro atoms. The van der Waals surface area contributed by atoms with Crippen molar-refractivity contribution in [2.45, 2.75) is 32.4 Å². The average Bonchev–Trinajstić information content (AvgIpc) is 3.01. The van der Waals surface area contributed by atoms with E-state index in [1.54, 1.807) is 0 Å². The number of nitrogens with one attached hydrogen (secondary N) is 1. The molecule has 2 nitrogen and oxygen atoms in total. The molecule has 0 amide bonds. The molecule has 1 aromatic heterocycles. The van der Waals surface area contributed by atoms with Gasteiger partial charge in [0.25, 0.3) is 0 Å². The Bertz CT molecular complexity index is 462. The molecule has 4 atom stereocenters. The van der Waals surface area contributed by atoms with Crippen molar-refractivity contribution in [2.75, 3.05) is 19.6 Å². The predicted octanol–water partition coefficient (Wildman–Crippen LogP) is 4.05. The Morgan fingerprint density at radius 3 is 2.89 bits per heavy atom. The number of likely N-dealkylation sites (tertiary alicyclic amines) is 1. The summed E-state index contributed by atoms with van der Waals surface area (Å²) < 4.78 is 1.64. The van der Waals surface area contributed by atoms with Gasteiger partial charge in [0.1, 0.15) is 0 Å². The highest BCUT2D eigenvalue weighted by Gasteiger charge is 2.45. The minimum atomic E-state index is 0.367. The van der Waals surface area contributed by atoms with Crippen molar-refractivity contribution in [2.24, 2.45) is 11.8 Å². The Morgan fingerprint density at radius 1 is 1.47 bits per heavy atom. The highest BCUT2D eigenvalue weighted by Crippen LogP contribution is 2.43. The molecule has 106 valence electrons. The van der Waals surface area contributed by atoms with Gasteiger partial charge in [-0.2, -0.15) is 0 Å². The maximum Gasteiger partial charge on any atom is 0.0991 e. The smallest absolute Gasteiger partial charge is 0.0991 e. The van der Waals surface area contributed by atoms with Crippen LogP contribution in [0.25, 0.3) is 0 Å². The van der Waals surface area contributed by atoms with Crippen LogP contribution >= 0.6 is 34.5 Å². The van der Waals surface area contributed by atoms with E-state index in [4.69, 9.17) is 23.2 Å². The second-order valence-corrected chi connectivity index (χ2v) is 8.00. The first-order valence-corrected chi connectivity index (χ1v) is 8.60. The lowest BCUT2D eigenvalue weighted by Gasteiger charge is -2.32. The van der Waals surface area contributed by atoms with E-state index in [-0.39, 0.29) is 0 Å². The standard InChI is InChI=1S/C14H20Cl2N2S/c1-3-12-11-6-17-5-9(11)7-18(12)8(2)10-4-13(15)19-14(10)16/h4,8-9,11-12,17H,3,5-7H2,1-2H3. The van der Waals surface area contributed by atoms with Gasteiger partial charge < -0.3 is 5.32 Å². The highest BCUT2D eigenvalue weighted by molar-refractivity contribution is 7.20. The quantitative estimate of drug-likeness (QED) is 0.904. The molecule has 0 aromatic carbocycles. The molecule has 0 saturated carbocycles. The van der Waals surface area contributed by atoms with Gasteiger partial charge in [-0.15, -0.1) is 11.3 Å². The molecule has 19 heavy (non-hydrogen) atoms. The summed E-state index contributed by atoms with van der Waals surface area (Å²) in [7, 11) is 0. The molecule has 2 fully saturated rings. The Labute approximate surface area is 129 Å². The fraction of sp³-hybridized carbons (Fsp3) is 0.714. The van der Waals surface area contributed by atoms with Crippen LogP contribution in [0.3, 0.4) is 0 Å². The van der Waals surface area contributed by atoms with E-state index in [0.29, 0.717) is 12.1 Å². The predicted molar refractivity (Wildman–Crippen MR) is 83.4 cm³/mol. The Morgan fingerprint density at radius 2 is 2.26 bits per heavy atom. The number of thiophene rings is 1. The first-order chi connectivity index (χ1) is 9.11. The molecule has 2 aliphatic rings. The van der Waals surface area contributed by atoms with Crippen LogP contribution < -0.4 is 5.32 Å². The van der Waals surface area contributed by atoms with Gasteiger partial charge in [0.05, 0.1) is 8.67 Å².